The fraction of sp³-hybridized carbons (Fsp3) is 0.444. The summed E-state index contributed by atoms with van der Waals surface area (Å²) in [6.45, 7) is 7.93. The predicted octanol–water partition coefficient (Wildman–Crippen LogP) is 5.69. The standard InChI is InChI=1S/C27H33ClN2O5/c1-26(2,3)17-27(4,35-24(29)32)15-22(19-10-12-20(28)13-11-19)23(31)30-21(16-34-25(30)33)14-18-8-6-5-7-9-18/h5-13,21-22H,14-17H2,1-4H3,(H2,29,32)/t21-,22?,27-/m0/s1. The number of benzene rings is 2. The molecule has 0 aliphatic carbocycles. The molecule has 2 aromatic rings. The molecule has 2 aromatic carbocycles. The fourth-order valence-electron chi connectivity index (χ4n) is 4.92. The summed E-state index contributed by atoms with van der Waals surface area (Å²) in [5.74, 6) is -1.20. The zero-order chi connectivity index (χ0) is 25.8. The molecule has 8 heteroatoms. The van der Waals surface area contributed by atoms with Crippen LogP contribution in [0.2, 0.25) is 5.02 Å². The minimum atomic E-state index is -1.05. The van der Waals surface area contributed by atoms with Crippen molar-refractivity contribution in [2.45, 2.75) is 64.5 Å². The second-order valence-electron chi connectivity index (χ2n) is 10.5. The SMILES string of the molecule is CC(C)(C)C[C@](C)(CC(C(=O)N1C(=O)OC[C@@H]1Cc1ccccc1)c1ccc(Cl)cc1)OC(N)=O. The van der Waals surface area contributed by atoms with E-state index in [2.05, 4.69) is 0 Å². The molecule has 3 rings (SSSR count). The van der Waals surface area contributed by atoms with Gasteiger partial charge in [0.2, 0.25) is 5.91 Å². The lowest BCUT2D eigenvalue weighted by atomic mass is 9.76. The molecular formula is C27H33ClN2O5. The second-order valence-corrected chi connectivity index (χ2v) is 11.0. The first-order valence-corrected chi connectivity index (χ1v) is 12.0. The van der Waals surface area contributed by atoms with Crippen molar-refractivity contribution in [2.75, 3.05) is 6.61 Å². The zero-order valence-electron chi connectivity index (χ0n) is 20.6. The fourth-order valence-corrected chi connectivity index (χ4v) is 5.05. The van der Waals surface area contributed by atoms with Gasteiger partial charge in [0, 0.05) is 11.4 Å². The molecule has 1 aliphatic rings. The van der Waals surface area contributed by atoms with Crippen molar-refractivity contribution in [3.8, 4) is 0 Å². The van der Waals surface area contributed by atoms with Crippen LogP contribution in [0, 0.1) is 5.41 Å². The molecule has 1 unspecified atom stereocenters. The van der Waals surface area contributed by atoms with Gasteiger partial charge in [-0.05, 0) is 48.4 Å². The first-order valence-electron chi connectivity index (χ1n) is 11.6. The van der Waals surface area contributed by atoms with Crippen LogP contribution in [-0.4, -0.2) is 41.2 Å². The monoisotopic (exact) mass is 500 g/mol. The van der Waals surface area contributed by atoms with Crippen LogP contribution in [0.5, 0.6) is 0 Å². The van der Waals surface area contributed by atoms with E-state index in [1.165, 1.54) is 4.90 Å². The highest BCUT2D eigenvalue weighted by Gasteiger charge is 2.45. The number of halogens is 1. The normalized spacial score (nSPS) is 18.5. The molecule has 0 aromatic heterocycles. The molecular weight excluding hydrogens is 468 g/mol. The Morgan fingerprint density at radius 3 is 2.31 bits per heavy atom. The number of primary amides is 1. The predicted molar refractivity (Wildman–Crippen MR) is 134 cm³/mol. The number of hydrogen-bond donors (Lipinski definition) is 1. The molecule has 35 heavy (non-hydrogen) atoms. The van der Waals surface area contributed by atoms with Crippen molar-refractivity contribution < 1.29 is 23.9 Å². The highest BCUT2D eigenvalue weighted by atomic mass is 35.5. The second kappa shape index (κ2) is 10.7. The van der Waals surface area contributed by atoms with Gasteiger partial charge in [-0.15, -0.1) is 0 Å². The van der Waals surface area contributed by atoms with E-state index in [0.717, 1.165) is 5.56 Å². The van der Waals surface area contributed by atoms with Gasteiger partial charge >= 0.3 is 12.2 Å². The van der Waals surface area contributed by atoms with E-state index in [1.807, 2.05) is 51.1 Å². The third kappa shape index (κ3) is 7.21. The molecule has 0 saturated carbocycles. The number of carbonyl (C=O) groups is 3. The topological polar surface area (TPSA) is 98.9 Å². The summed E-state index contributed by atoms with van der Waals surface area (Å²) in [7, 11) is 0. The summed E-state index contributed by atoms with van der Waals surface area (Å²) in [6.07, 6.45) is -0.527. The van der Waals surface area contributed by atoms with Crippen molar-refractivity contribution in [2.24, 2.45) is 11.1 Å². The van der Waals surface area contributed by atoms with Crippen LogP contribution in [0.3, 0.4) is 0 Å². The number of imide groups is 1. The van der Waals surface area contributed by atoms with E-state index < -0.39 is 35.7 Å². The number of rotatable bonds is 8. The van der Waals surface area contributed by atoms with Gasteiger partial charge in [-0.2, -0.15) is 0 Å². The van der Waals surface area contributed by atoms with Crippen molar-refractivity contribution in [1.29, 1.82) is 0 Å². The Kier molecular flexibility index (Phi) is 8.11. The summed E-state index contributed by atoms with van der Waals surface area (Å²) in [4.78, 5) is 39.7. The molecule has 1 heterocycles. The lowest BCUT2D eigenvalue weighted by Gasteiger charge is -2.37. The zero-order valence-corrected chi connectivity index (χ0v) is 21.4. The van der Waals surface area contributed by atoms with Crippen molar-refractivity contribution in [3.63, 3.8) is 0 Å². The summed E-state index contributed by atoms with van der Waals surface area (Å²) < 4.78 is 10.9. The van der Waals surface area contributed by atoms with Gasteiger partial charge in [0.15, 0.2) is 0 Å². The molecule has 0 radical (unpaired) electrons. The van der Waals surface area contributed by atoms with Gasteiger partial charge in [-0.25, -0.2) is 14.5 Å². The van der Waals surface area contributed by atoms with Crippen LogP contribution in [0.25, 0.3) is 0 Å². The average Bonchev–Trinajstić information content (AvgIpc) is 3.11. The molecule has 1 fully saturated rings. The van der Waals surface area contributed by atoms with Crippen molar-refractivity contribution in [1.82, 2.24) is 4.90 Å². The molecule has 1 aliphatic heterocycles. The van der Waals surface area contributed by atoms with Crippen LogP contribution >= 0.6 is 11.6 Å². The quantitative estimate of drug-likeness (QED) is 0.501. The van der Waals surface area contributed by atoms with E-state index in [4.69, 9.17) is 26.8 Å². The number of ether oxygens (including phenoxy) is 2. The molecule has 0 spiro atoms. The Labute approximate surface area is 211 Å². The van der Waals surface area contributed by atoms with Crippen molar-refractivity contribution in [3.05, 3.63) is 70.7 Å². The largest absolute Gasteiger partial charge is 0.447 e. The minimum absolute atomic E-state index is 0.115. The van der Waals surface area contributed by atoms with Gasteiger partial charge in [0.05, 0.1) is 12.0 Å². The maximum Gasteiger partial charge on any atom is 0.417 e. The maximum atomic E-state index is 14.0. The molecule has 3 atom stereocenters. The number of cyclic esters (lactones) is 1. The summed E-state index contributed by atoms with van der Waals surface area (Å²) in [5.41, 5.74) is 5.79. The first-order chi connectivity index (χ1) is 16.4. The molecule has 7 nitrogen and oxygen atoms in total. The van der Waals surface area contributed by atoms with Gasteiger partial charge in [-0.3, -0.25) is 4.79 Å². The van der Waals surface area contributed by atoms with E-state index >= 15 is 0 Å². The van der Waals surface area contributed by atoms with Gasteiger partial charge in [0.1, 0.15) is 12.2 Å². The molecule has 1 saturated heterocycles. The van der Waals surface area contributed by atoms with Crippen LogP contribution in [0.1, 0.15) is 57.6 Å². The Morgan fingerprint density at radius 1 is 1.11 bits per heavy atom. The molecule has 188 valence electrons. The Bertz CT molecular complexity index is 1050. The van der Waals surface area contributed by atoms with E-state index in [1.54, 1.807) is 31.2 Å². The third-order valence-corrected chi connectivity index (χ3v) is 6.22. The summed E-state index contributed by atoms with van der Waals surface area (Å²) in [5, 5.41) is 0.522. The van der Waals surface area contributed by atoms with Crippen LogP contribution in [-0.2, 0) is 20.7 Å². The maximum absolute atomic E-state index is 14.0. The van der Waals surface area contributed by atoms with Gasteiger partial charge in [-0.1, -0.05) is 74.8 Å². The third-order valence-electron chi connectivity index (χ3n) is 5.97. The number of nitrogens with two attached hydrogens (primary N) is 1. The Balaban J connectivity index is 1.97. The number of nitrogens with zero attached hydrogens (tertiary/aromatic N) is 1. The van der Waals surface area contributed by atoms with Crippen LogP contribution < -0.4 is 5.73 Å². The lowest BCUT2D eigenvalue weighted by molar-refractivity contribution is -0.132. The van der Waals surface area contributed by atoms with E-state index in [-0.39, 0.29) is 18.4 Å². The summed E-state index contributed by atoms with van der Waals surface area (Å²) in [6, 6.07) is 16.1. The molecule has 0 bridgehead atoms. The number of hydrogen-bond acceptors (Lipinski definition) is 5. The van der Waals surface area contributed by atoms with Crippen LogP contribution in [0.4, 0.5) is 9.59 Å². The number of carbonyl (C=O) groups excluding carboxylic acids is 3. The Morgan fingerprint density at radius 2 is 1.74 bits per heavy atom. The highest BCUT2D eigenvalue weighted by molar-refractivity contribution is 6.30. The Hall–Kier alpha value is -3.06. The highest BCUT2D eigenvalue weighted by Crippen LogP contribution is 2.39. The van der Waals surface area contributed by atoms with Gasteiger partial charge < -0.3 is 15.2 Å². The lowest BCUT2D eigenvalue weighted by Crippen LogP contribution is -2.46. The summed E-state index contributed by atoms with van der Waals surface area (Å²) >= 11 is 6.09. The van der Waals surface area contributed by atoms with E-state index in [0.29, 0.717) is 23.4 Å². The first kappa shape index (κ1) is 26.5. The molecule has 3 amide bonds. The average molecular weight is 501 g/mol. The minimum Gasteiger partial charge on any atom is -0.447 e. The molecule has 2 N–H and O–H groups in total. The number of amides is 3. The van der Waals surface area contributed by atoms with Crippen molar-refractivity contribution >= 4 is 29.7 Å². The smallest absolute Gasteiger partial charge is 0.417 e. The van der Waals surface area contributed by atoms with Gasteiger partial charge in [0.25, 0.3) is 0 Å². The van der Waals surface area contributed by atoms with Crippen LogP contribution in [0.15, 0.2) is 54.6 Å². The van der Waals surface area contributed by atoms with E-state index in [9.17, 15) is 14.4 Å².